The van der Waals surface area contributed by atoms with E-state index in [9.17, 15) is 19.8 Å². The second kappa shape index (κ2) is 13.4. The molecular weight excluding hydrogens is 476 g/mol. The molecule has 1 aliphatic rings. The molecule has 2 aromatic rings. The van der Waals surface area contributed by atoms with Gasteiger partial charge in [-0.1, -0.05) is 6.42 Å². The van der Waals surface area contributed by atoms with E-state index in [2.05, 4.69) is 16.0 Å². The van der Waals surface area contributed by atoms with Crippen LogP contribution in [0.25, 0.3) is 0 Å². The number of carbonyl (C=O) groups is 2. The number of benzene rings is 2. The molecule has 0 radical (unpaired) electrons. The number of phenols is 2. The van der Waals surface area contributed by atoms with E-state index in [4.69, 9.17) is 9.47 Å². The van der Waals surface area contributed by atoms with Gasteiger partial charge in [0.25, 0.3) is 0 Å². The van der Waals surface area contributed by atoms with Gasteiger partial charge in [-0.15, -0.1) is 0 Å². The standard InChI is InChI=1S/C27H38N4O6/c1-31(2)15-14-30-18-9-8-17(29-13-7-5-6-12-28-16-21(36-3)37-4)22-23(18)27(35)25-20(33)11-10-19(32)24(25)26(22)34/h8-11,21,28-30,32-33H,5-7,12-16H2,1-4H3. The van der Waals surface area contributed by atoms with E-state index < -0.39 is 11.6 Å². The smallest absolute Gasteiger partial charge is 0.200 e. The van der Waals surface area contributed by atoms with Crippen molar-refractivity contribution in [1.82, 2.24) is 10.2 Å². The summed E-state index contributed by atoms with van der Waals surface area (Å²) >= 11 is 0. The maximum atomic E-state index is 13.6. The summed E-state index contributed by atoms with van der Waals surface area (Å²) in [5.74, 6) is -1.65. The third-order valence-electron chi connectivity index (χ3n) is 6.33. The summed E-state index contributed by atoms with van der Waals surface area (Å²) < 4.78 is 10.3. The summed E-state index contributed by atoms with van der Waals surface area (Å²) in [6.07, 6.45) is 2.52. The van der Waals surface area contributed by atoms with Gasteiger partial charge < -0.3 is 40.5 Å². The van der Waals surface area contributed by atoms with Crippen LogP contribution in [0, 0.1) is 0 Å². The van der Waals surface area contributed by atoms with Crippen molar-refractivity contribution >= 4 is 22.9 Å². The Balaban J connectivity index is 1.74. The van der Waals surface area contributed by atoms with Crippen molar-refractivity contribution in [2.24, 2.45) is 0 Å². The predicted octanol–water partition coefficient (Wildman–Crippen LogP) is 2.64. The zero-order valence-corrected chi connectivity index (χ0v) is 22.0. The van der Waals surface area contributed by atoms with E-state index in [1.807, 2.05) is 19.0 Å². The second-order valence-electron chi connectivity index (χ2n) is 9.25. The van der Waals surface area contributed by atoms with Crippen molar-refractivity contribution in [2.45, 2.75) is 25.6 Å². The number of aromatic hydroxyl groups is 2. The first kappa shape index (κ1) is 28.4. The maximum Gasteiger partial charge on any atom is 0.200 e. The number of ketones is 2. The van der Waals surface area contributed by atoms with Crippen LogP contribution in [0.4, 0.5) is 11.4 Å². The lowest BCUT2D eigenvalue weighted by Gasteiger charge is -2.25. The number of ether oxygens (including phenoxy) is 2. The number of methoxy groups -OCH3 is 2. The Morgan fingerprint density at radius 1 is 0.757 bits per heavy atom. The fraction of sp³-hybridized carbons (Fsp3) is 0.481. The molecule has 0 aromatic heterocycles. The minimum atomic E-state index is -0.495. The first-order valence-corrected chi connectivity index (χ1v) is 12.5. The molecule has 0 saturated heterocycles. The molecule has 1 aliphatic carbocycles. The Kier molecular flexibility index (Phi) is 10.3. The summed E-state index contributed by atoms with van der Waals surface area (Å²) in [7, 11) is 7.10. The highest BCUT2D eigenvalue weighted by atomic mass is 16.7. The molecule has 5 N–H and O–H groups in total. The number of nitrogens with zero attached hydrogens (tertiary/aromatic N) is 1. The number of nitrogens with one attached hydrogen (secondary N) is 3. The number of phenolic OH excluding ortho intramolecular Hbond substituents is 2. The molecule has 0 bridgehead atoms. The Morgan fingerprint density at radius 3 is 1.78 bits per heavy atom. The van der Waals surface area contributed by atoms with Gasteiger partial charge in [-0.25, -0.2) is 0 Å². The van der Waals surface area contributed by atoms with Gasteiger partial charge in [0.2, 0.25) is 11.6 Å². The lowest BCUT2D eigenvalue weighted by atomic mass is 9.81. The topological polar surface area (TPSA) is 132 Å². The third kappa shape index (κ3) is 6.78. The van der Waals surface area contributed by atoms with Crippen LogP contribution in [-0.2, 0) is 9.47 Å². The van der Waals surface area contributed by atoms with Gasteiger partial charge in [0, 0.05) is 51.8 Å². The van der Waals surface area contributed by atoms with Crippen molar-refractivity contribution in [3.05, 3.63) is 46.5 Å². The molecule has 202 valence electrons. The Labute approximate surface area is 218 Å². The largest absolute Gasteiger partial charge is 0.507 e. The maximum absolute atomic E-state index is 13.6. The molecule has 10 heteroatoms. The van der Waals surface area contributed by atoms with Crippen LogP contribution in [-0.4, -0.2) is 94.0 Å². The van der Waals surface area contributed by atoms with E-state index in [1.165, 1.54) is 12.1 Å². The van der Waals surface area contributed by atoms with Gasteiger partial charge in [-0.2, -0.15) is 0 Å². The highest BCUT2D eigenvalue weighted by Gasteiger charge is 2.37. The molecule has 0 aliphatic heterocycles. The van der Waals surface area contributed by atoms with Crippen molar-refractivity contribution in [2.75, 3.05) is 71.7 Å². The number of rotatable bonds is 15. The number of hydrogen-bond acceptors (Lipinski definition) is 10. The van der Waals surface area contributed by atoms with Gasteiger partial charge >= 0.3 is 0 Å². The average molecular weight is 515 g/mol. The number of fused-ring (bicyclic) bond motifs is 2. The van der Waals surface area contributed by atoms with Gasteiger partial charge in [0.15, 0.2) is 6.29 Å². The zero-order chi connectivity index (χ0) is 26.9. The van der Waals surface area contributed by atoms with Crippen molar-refractivity contribution in [3.63, 3.8) is 0 Å². The van der Waals surface area contributed by atoms with Crippen LogP contribution < -0.4 is 16.0 Å². The number of unbranched alkanes of at least 4 members (excludes halogenated alkanes) is 2. The van der Waals surface area contributed by atoms with Gasteiger partial charge in [0.05, 0.1) is 22.3 Å². The summed E-state index contributed by atoms with van der Waals surface area (Å²) in [6, 6.07) is 6.01. The quantitative estimate of drug-likeness (QED) is 0.117. The van der Waals surface area contributed by atoms with Gasteiger partial charge in [0.1, 0.15) is 11.5 Å². The molecular formula is C27H38N4O6. The fourth-order valence-electron chi connectivity index (χ4n) is 4.33. The van der Waals surface area contributed by atoms with E-state index in [1.54, 1.807) is 26.4 Å². The predicted molar refractivity (Wildman–Crippen MR) is 143 cm³/mol. The summed E-state index contributed by atoms with van der Waals surface area (Å²) in [5, 5.41) is 30.6. The second-order valence-corrected chi connectivity index (χ2v) is 9.25. The summed E-state index contributed by atoms with van der Waals surface area (Å²) in [6.45, 7) is 3.35. The highest BCUT2D eigenvalue weighted by molar-refractivity contribution is 6.33. The molecule has 10 nitrogen and oxygen atoms in total. The Bertz CT molecular complexity index is 1100. The molecule has 0 spiro atoms. The fourth-order valence-corrected chi connectivity index (χ4v) is 4.33. The molecule has 0 unspecified atom stereocenters. The number of anilines is 2. The van der Waals surface area contributed by atoms with Gasteiger partial charge in [-0.3, -0.25) is 9.59 Å². The lowest BCUT2D eigenvalue weighted by Crippen LogP contribution is -2.30. The minimum absolute atomic E-state index is 0.164. The van der Waals surface area contributed by atoms with Crippen LogP contribution in [0.5, 0.6) is 11.5 Å². The molecule has 0 atom stereocenters. The molecule has 0 fully saturated rings. The van der Waals surface area contributed by atoms with E-state index in [0.717, 1.165) is 32.4 Å². The third-order valence-corrected chi connectivity index (χ3v) is 6.33. The van der Waals surface area contributed by atoms with E-state index >= 15 is 0 Å². The van der Waals surface area contributed by atoms with Crippen LogP contribution in [0.3, 0.4) is 0 Å². The number of carbonyl (C=O) groups excluding carboxylic acids is 2. The van der Waals surface area contributed by atoms with Crippen LogP contribution in [0.2, 0.25) is 0 Å². The molecule has 0 heterocycles. The Morgan fingerprint density at radius 2 is 1.27 bits per heavy atom. The first-order chi connectivity index (χ1) is 17.8. The Hall–Kier alpha value is -3.18. The summed E-state index contributed by atoms with van der Waals surface area (Å²) in [5.41, 5.74) is 1.13. The van der Waals surface area contributed by atoms with Crippen LogP contribution in [0.1, 0.15) is 51.1 Å². The first-order valence-electron chi connectivity index (χ1n) is 12.5. The van der Waals surface area contributed by atoms with Crippen molar-refractivity contribution in [1.29, 1.82) is 0 Å². The average Bonchev–Trinajstić information content (AvgIpc) is 2.87. The van der Waals surface area contributed by atoms with E-state index in [0.29, 0.717) is 31.0 Å². The van der Waals surface area contributed by atoms with Crippen LogP contribution in [0.15, 0.2) is 24.3 Å². The molecule has 3 rings (SSSR count). The molecule has 0 amide bonds. The molecule has 37 heavy (non-hydrogen) atoms. The molecule has 0 saturated carbocycles. The van der Waals surface area contributed by atoms with E-state index in [-0.39, 0.29) is 40.0 Å². The molecule has 2 aromatic carbocycles. The zero-order valence-electron chi connectivity index (χ0n) is 22.0. The number of hydrogen-bond donors (Lipinski definition) is 5. The monoisotopic (exact) mass is 514 g/mol. The number of likely N-dealkylation sites (N-methyl/N-ethyl adjacent to an activating group) is 1. The van der Waals surface area contributed by atoms with Gasteiger partial charge in [-0.05, 0) is 57.7 Å². The SMILES string of the molecule is COC(CNCCCCCNc1ccc(NCCN(C)C)c2c1C(=O)c1c(O)ccc(O)c1C2=O)OC. The minimum Gasteiger partial charge on any atom is -0.507 e. The lowest BCUT2D eigenvalue weighted by molar-refractivity contribution is -0.0986. The summed E-state index contributed by atoms with van der Waals surface area (Å²) in [4.78, 5) is 29.1. The highest BCUT2D eigenvalue weighted by Crippen LogP contribution is 2.42. The van der Waals surface area contributed by atoms with Crippen LogP contribution >= 0.6 is 0 Å². The van der Waals surface area contributed by atoms with Crippen molar-refractivity contribution < 1.29 is 29.3 Å². The van der Waals surface area contributed by atoms with Crippen molar-refractivity contribution in [3.8, 4) is 11.5 Å². The normalized spacial score (nSPS) is 12.7.